The summed E-state index contributed by atoms with van der Waals surface area (Å²) in [6, 6.07) is 13.3. The predicted octanol–water partition coefficient (Wildman–Crippen LogP) is 3.66. The van der Waals surface area contributed by atoms with Crippen LogP contribution in [0.3, 0.4) is 0 Å². The van der Waals surface area contributed by atoms with Gasteiger partial charge in [-0.2, -0.15) is 5.10 Å². The van der Waals surface area contributed by atoms with Crippen molar-refractivity contribution in [2.75, 3.05) is 7.11 Å². The number of hydrogen-bond acceptors (Lipinski definition) is 5. The molecule has 30 heavy (non-hydrogen) atoms. The van der Waals surface area contributed by atoms with Crippen LogP contribution in [-0.4, -0.2) is 34.9 Å². The minimum absolute atomic E-state index is 0.0948. The summed E-state index contributed by atoms with van der Waals surface area (Å²) in [7, 11) is 1.36. The van der Waals surface area contributed by atoms with Gasteiger partial charge < -0.3 is 14.4 Å². The summed E-state index contributed by atoms with van der Waals surface area (Å²) in [5.74, 6) is -0.644. The highest BCUT2D eigenvalue weighted by Crippen LogP contribution is 2.23. The Hall–Kier alpha value is -3.87. The molecule has 154 valence electrons. The van der Waals surface area contributed by atoms with Gasteiger partial charge in [0.25, 0.3) is 5.91 Å². The SMILES string of the molecule is COC(=O)c1ccc(-n2c(C)cc(/C=N\NC(=O)c3ccc(O)cc3)c2C)c(C)c1. The number of nitrogens with zero attached hydrogens (tertiary/aromatic N) is 2. The van der Waals surface area contributed by atoms with Crippen molar-refractivity contribution in [2.45, 2.75) is 20.8 Å². The third-order valence-electron chi connectivity index (χ3n) is 4.83. The Morgan fingerprint density at radius 2 is 1.70 bits per heavy atom. The van der Waals surface area contributed by atoms with E-state index in [1.165, 1.54) is 31.4 Å². The van der Waals surface area contributed by atoms with Gasteiger partial charge >= 0.3 is 5.97 Å². The van der Waals surface area contributed by atoms with Crippen LogP contribution in [0.4, 0.5) is 0 Å². The summed E-state index contributed by atoms with van der Waals surface area (Å²) in [6.45, 7) is 5.88. The van der Waals surface area contributed by atoms with E-state index in [4.69, 9.17) is 4.74 Å². The number of aryl methyl sites for hydroxylation is 2. The van der Waals surface area contributed by atoms with Gasteiger partial charge in [-0.3, -0.25) is 4.79 Å². The van der Waals surface area contributed by atoms with Gasteiger partial charge in [0.05, 0.1) is 18.9 Å². The van der Waals surface area contributed by atoms with Gasteiger partial charge in [-0.1, -0.05) is 0 Å². The molecule has 7 nitrogen and oxygen atoms in total. The van der Waals surface area contributed by atoms with E-state index in [2.05, 4.69) is 15.1 Å². The molecule has 0 aliphatic carbocycles. The topological polar surface area (TPSA) is 92.9 Å². The van der Waals surface area contributed by atoms with E-state index in [-0.39, 0.29) is 17.6 Å². The van der Waals surface area contributed by atoms with Crippen molar-refractivity contribution in [3.05, 3.63) is 82.2 Å². The van der Waals surface area contributed by atoms with Gasteiger partial charge in [0.15, 0.2) is 0 Å². The zero-order valence-corrected chi connectivity index (χ0v) is 17.3. The van der Waals surface area contributed by atoms with Crippen molar-refractivity contribution in [3.63, 3.8) is 0 Å². The lowest BCUT2D eigenvalue weighted by Gasteiger charge is -2.13. The number of aromatic nitrogens is 1. The highest BCUT2D eigenvalue weighted by molar-refractivity contribution is 5.95. The van der Waals surface area contributed by atoms with Crippen LogP contribution >= 0.6 is 0 Å². The molecule has 3 rings (SSSR count). The first-order valence-corrected chi connectivity index (χ1v) is 9.32. The Labute approximate surface area is 174 Å². The largest absolute Gasteiger partial charge is 0.508 e. The molecule has 0 atom stereocenters. The summed E-state index contributed by atoms with van der Waals surface area (Å²) in [4.78, 5) is 23.9. The maximum absolute atomic E-state index is 12.1. The van der Waals surface area contributed by atoms with Gasteiger partial charge in [0, 0.05) is 28.2 Å². The fourth-order valence-corrected chi connectivity index (χ4v) is 3.28. The van der Waals surface area contributed by atoms with Crippen molar-refractivity contribution < 1.29 is 19.4 Å². The number of phenolic OH excluding ortho intramolecular Hbond substituents is 1. The molecule has 1 aromatic heterocycles. The molecule has 0 unspecified atom stereocenters. The highest BCUT2D eigenvalue weighted by Gasteiger charge is 2.14. The molecule has 0 saturated heterocycles. The number of methoxy groups -OCH3 is 1. The number of hydrazone groups is 1. The third kappa shape index (κ3) is 4.25. The van der Waals surface area contributed by atoms with Crippen molar-refractivity contribution in [1.29, 1.82) is 0 Å². The van der Waals surface area contributed by atoms with Crippen molar-refractivity contribution in [3.8, 4) is 11.4 Å². The number of nitrogens with one attached hydrogen (secondary N) is 1. The molecule has 3 aromatic rings. The summed E-state index contributed by atoms with van der Waals surface area (Å²) in [5, 5.41) is 13.4. The van der Waals surface area contributed by atoms with Crippen LogP contribution in [0.2, 0.25) is 0 Å². The second-order valence-corrected chi connectivity index (χ2v) is 6.90. The van der Waals surface area contributed by atoms with E-state index in [0.29, 0.717) is 11.1 Å². The average Bonchev–Trinajstić information content (AvgIpc) is 3.01. The summed E-state index contributed by atoms with van der Waals surface area (Å²) in [5.41, 5.74) is 8.07. The zero-order chi connectivity index (χ0) is 21.8. The number of phenols is 1. The molecule has 7 heteroatoms. The van der Waals surface area contributed by atoms with Gasteiger partial charge in [-0.25, -0.2) is 10.2 Å². The Kier molecular flexibility index (Phi) is 6.01. The quantitative estimate of drug-likeness (QED) is 0.385. The normalized spacial score (nSPS) is 10.9. The van der Waals surface area contributed by atoms with Crippen LogP contribution in [0.15, 0.2) is 53.6 Å². The number of hydrogen-bond donors (Lipinski definition) is 2. The Morgan fingerprint density at radius 3 is 2.33 bits per heavy atom. The van der Waals surface area contributed by atoms with Gasteiger partial charge in [0.1, 0.15) is 5.75 Å². The van der Waals surface area contributed by atoms with E-state index in [1.807, 2.05) is 32.9 Å². The number of aromatic hydroxyl groups is 1. The fourth-order valence-electron chi connectivity index (χ4n) is 3.28. The number of benzene rings is 2. The molecule has 0 bridgehead atoms. The minimum atomic E-state index is -0.372. The molecule has 0 radical (unpaired) electrons. The highest BCUT2D eigenvalue weighted by atomic mass is 16.5. The van der Waals surface area contributed by atoms with Crippen LogP contribution in [-0.2, 0) is 4.74 Å². The summed E-state index contributed by atoms with van der Waals surface area (Å²) >= 11 is 0. The van der Waals surface area contributed by atoms with Crippen LogP contribution in [0.25, 0.3) is 5.69 Å². The maximum atomic E-state index is 12.1. The van der Waals surface area contributed by atoms with E-state index < -0.39 is 0 Å². The van der Waals surface area contributed by atoms with Crippen LogP contribution in [0.1, 0.15) is 43.2 Å². The second-order valence-electron chi connectivity index (χ2n) is 6.90. The van der Waals surface area contributed by atoms with Crippen molar-refractivity contribution in [2.24, 2.45) is 5.10 Å². The summed E-state index contributed by atoms with van der Waals surface area (Å²) < 4.78 is 6.85. The monoisotopic (exact) mass is 405 g/mol. The van der Waals surface area contributed by atoms with Gasteiger partial charge in [-0.15, -0.1) is 0 Å². The van der Waals surface area contributed by atoms with Crippen LogP contribution in [0, 0.1) is 20.8 Å². The van der Waals surface area contributed by atoms with E-state index in [1.54, 1.807) is 18.3 Å². The molecule has 1 amide bonds. The summed E-state index contributed by atoms with van der Waals surface area (Å²) in [6.07, 6.45) is 1.59. The molecule has 0 spiro atoms. The number of carbonyl (C=O) groups is 2. The zero-order valence-electron chi connectivity index (χ0n) is 17.3. The molecule has 0 aliphatic heterocycles. The molecule has 0 saturated carbocycles. The molecule has 2 aromatic carbocycles. The van der Waals surface area contributed by atoms with Crippen molar-refractivity contribution >= 4 is 18.1 Å². The third-order valence-corrected chi connectivity index (χ3v) is 4.83. The Bertz CT molecular complexity index is 1130. The molecule has 2 N–H and O–H groups in total. The number of carbonyl (C=O) groups excluding carboxylic acids is 2. The lowest BCUT2D eigenvalue weighted by molar-refractivity contribution is 0.0600. The lowest BCUT2D eigenvalue weighted by Crippen LogP contribution is -2.17. The average molecular weight is 405 g/mol. The van der Waals surface area contributed by atoms with Gasteiger partial charge in [0.2, 0.25) is 0 Å². The van der Waals surface area contributed by atoms with Crippen LogP contribution in [0.5, 0.6) is 5.75 Å². The molecular formula is C23H23N3O4. The number of rotatable bonds is 5. The molecular weight excluding hydrogens is 382 g/mol. The first-order valence-electron chi connectivity index (χ1n) is 9.32. The number of esters is 1. The van der Waals surface area contributed by atoms with Crippen molar-refractivity contribution in [1.82, 2.24) is 9.99 Å². The second kappa shape index (κ2) is 8.65. The molecule has 0 fully saturated rings. The van der Waals surface area contributed by atoms with E-state index in [9.17, 15) is 14.7 Å². The first kappa shape index (κ1) is 20.9. The van der Waals surface area contributed by atoms with Gasteiger partial charge in [-0.05, 0) is 74.9 Å². The fraction of sp³-hybridized carbons (Fsp3) is 0.174. The number of amides is 1. The standard InChI is InChI=1S/C23H23N3O4/c1-14-11-18(23(29)30-4)7-10-21(14)26-15(2)12-19(16(26)3)13-24-25-22(28)17-5-8-20(27)9-6-17/h5-13,27H,1-4H3,(H,25,28)/b24-13-. The molecule has 1 heterocycles. The smallest absolute Gasteiger partial charge is 0.337 e. The number of ether oxygens (including phenoxy) is 1. The predicted molar refractivity (Wildman–Crippen MR) is 114 cm³/mol. The molecule has 0 aliphatic rings. The Balaban J connectivity index is 1.82. The van der Waals surface area contributed by atoms with E-state index in [0.717, 1.165) is 28.2 Å². The first-order chi connectivity index (χ1) is 14.3. The van der Waals surface area contributed by atoms with E-state index >= 15 is 0 Å². The van der Waals surface area contributed by atoms with Crippen LogP contribution < -0.4 is 5.43 Å². The maximum Gasteiger partial charge on any atom is 0.337 e. The lowest BCUT2D eigenvalue weighted by atomic mass is 10.1. The minimum Gasteiger partial charge on any atom is -0.508 e. The Morgan fingerprint density at radius 1 is 1.03 bits per heavy atom.